The maximum atomic E-state index is 13.0. The van der Waals surface area contributed by atoms with Crippen LogP contribution in [0.5, 0.6) is 0 Å². The van der Waals surface area contributed by atoms with E-state index in [0.717, 1.165) is 28.8 Å². The first-order valence-corrected chi connectivity index (χ1v) is 10.0. The van der Waals surface area contributed by atoms with Crippen LogP contribution in [0.3, 0.4) is 0 Å². The van der Waals surface area contributed by atoms with Crippen LogP contribution < -0.4 is 10.2 Å². The summed E-state index contributed by atoms with van der Waals surface area (Å²) in [6, 6.07) is 15.5. The third-order valence-corrected chi connectivity index (χ3v) is 4.66. The van der Waals surface area contributed by atoms with Crippen molar-refractivity contribution in [1.82, 2.24) is 5.32 Å². The zero-order valence-corrected chi connectivity index (χ0v) is 16.7. The van der Waals surface area contributed by atoms with E-state index < -0.39 is 0 Å². The normalized spacial score (nSPS) is 12.0. The average Bonchev–Trinajstić information content (AvgIpc) is 2.73. The zero-order chi connectivity index (χ0) is 20.5. The van der Waals surface area contributed by atoms with Gasteiger partial charge in [0.2, 0.25) is 11.8 Å². The first-order chi connectivity index (χ1) is 14.2. The van der Waals surface area contributed by atoms with Crippen molar-refractivity contribution in [2.45, 2.75) is 32.7 Å². The number of carbonyl (C=O) groups excluding carboxylic acids is 2. The molecule has 0 bridgehead atoms. The number of fused-ring (bicyclic) bond motifs is 2. The van der Waals surface area contributed by atoms with Crippen LogP contribution >= 0.6 is 0 Å². The van der Waals surface area contributed by atoms with Gasteiger partial charge >= 0.3 is 0 Å². The predicted molar refractivity (Wildman–Crippen MR) is 113 cm³/mol. The Morgan fingerprint density at radius 3 is 2.55 bits per heavy atom. The van der Waals surface area contributed by atoms with Gasteiger partial charge < -0.3 is 15.0 Å². The molecule has 2 aromatic rings. The summed E-state index contributed by atoms with van der Waals surface area (Å²) < 4.78 is 5.35. The van der Waals surface area contributed by atoms with Gasteiger partial charge in [-0.25, -0.2) is 0 Å². The van der Waals surface area contributed by atoms with Gasteiger partial charge in [-0.05, 0) is 30.2 Å². The second-order valence-corrected chi connectivity index (χ2v) is 6.87. The number of carbonyl (C=O) groups is 2. The lowest BCUT2D eigenvalue weighted by Gasteiger charge is -2.26. The lowest BCUT2D eigenvalue weighted by molar-refractivity contribution is -0.125. The zero-order valence-electron chi connectivity index (χ0n) is 16.7. The van der Waals surface area contributed by atoms with Gasteiger partial charge in [0.05, 0.1) is 18.8 Å². The minimum absolute atomic E-state index is 0.0895. The maximum absolute atomic E-state index is 13.0. The molecule has 150 valence electrons. The number of nitrogens with one attached hydrogen (secondary N) is 1. The van der Waals surface area contributed by atoms with Crippen LogP contribution in [-0.2, 0) is 20.9 Å². The van der Waals surface area contributed by atoms with Crippen LogP contribution in [0, 0.1) is 11.8 Å². The first kappa shape index (κ1) is 20.6. The molecule has 5 heteroatoms. The highest BCUT2D eigenvalue weighted by atomic mass is 16.5. The fourth-order valence-corrected chi connectivity index (χ4v) is 3.16. The lowest BCUT2D eigenvalue weighted by Crippen LogP contribution is -2.33. The summed E-state index contributed by atoms with van der Waals surface area (Å²) in [6.07, 6.45) is 1.25. The SMILES string of the molecule is CCCOCCNC(=O)CCC(=O)N1Cc2ccccc2C#Cc2ccccc21. The van der Waals surface area contributed by atoms with Crippen molar-refractivity contribution in [3.8, 4) is 11.8 Å². The number of hydrogen-bond donors (Lipinski definition) is 1. The molecule has 0 saturated heterocycles. The van der Waals surface area contributed by atoms with Crippen LogP contribution in [0.25, 0.3) is 0 Å². The Bertz CT molecular complexity index is 927. The van der Waals surface area contributed by atoms with E-state index in [-0.39, 0.29) is 24.7 Å². The summed E-state index contributed by atoms with van der Waals surface area (Å²) in [4.78, 5) is 26.8. The van der Waals surface area contributed by atoms with E-state index >= 15 is 0 Å². The van der Waals surface area contributed by atoms with E-state index in [4.69, 9.17) is 4.74 Å². The molecule has 0 radical (unpaired) electrons. The van der Waals surface area contributed by atoms with E-state index in [2.05, 4.69) is 17.2 Å². The molecular formula is C24H26N2O3. The number of hydrogen-bond acceptors (Lipinski definition) is 3. The Labute approximate surface area is 172 Å². The number of anilines is 1. The molecule has 0 unspecified atom stereocenters. The maximum Gasteiger partial charge on any atom is 0.227 e. The Morgan fingerprint density at radius 1 is 1.00 bits per heavy atom. The van der Waals surface area contributed by atoms with Gasteiger partial charge in [-0.1, -0.05) is 49.1 Å². The lowest BCUT2D eigenvalue weighted by atomic mass is 10.0. The summed E-state index contributed by atoms with van der Waals surface area (Å²) >= 11 is 0. The van der Waals surface area contributed by atoms with Crippen LogP contribution in [0.2, 0.25) is 0 Å². The van der Waals surface area contributed by atoms with Crippen molar-refractivity contribution in [2.24, 2.45) is 0 Å². The molecule has 1 aliphatic heterocycles. The molecule has 1 N–H and O–H groups in total. The Kier molecular flexibility index (Phi) is 7.43. The number of benzene rings is 2. The quantitative estimate of drug-likeness (QED) is 0.556. The van der Waals surface area contributed by atoms with Crippen LogP contribution in [0.4, 0.5) is 5.69 Å². The van der Waals surface area contributed by atoms with E-state index in [0.29, 0.717) is 26.3 Å². The molecule has 1 aliphatic rings. The summed E-state index contributed by atoms with van der Waals surface area (Å²) in [5.41, 5.74) is 3.52. The fraction of sp³-hybridized carbons (Fsp3) is 0.333. The third-order valence-electron chi connectivity index (χ3n) is 4.66. The first-order valence-electron chi connectivity index (χ1n) is 10.0. The highest BCUT2D eigenvalue weighted by Crippen LogP contribution is 2.26. The molecular weight excluding hydrogens is 364 g/mol. The third kappa shape index (κ3) is 5.69. The van der Waals surface area contributed by atoms with Crippen molar-refractivity contribution >= 4 is 17.5 Å². The minimum atomic E-state index is -0.140. The highest BCUT2D eigenvalue weighted by molar-refractivity contribution is 5.96. The molecule has 5 nitrogen and oxygen atoms in total. The Morgan fingerprint density at radius 2 is 1.72 bits per heavy atom. The Balaban J connectivity index is 1.67. The standard InChI is InChI=1S/C24H26N2O3/c1-2-16-29-17-15-25-23(27)13-14-24(28)26-18-21-9-4-3-7-19(21)11-12-20-8-5-6-10-22(20)26/h3-10H,2,13-18H2,1H3,(H,25,27). The van der Waals surface area contributed by atoms with Crippen molar-refractivity contribution in [1.29, 1.82) is 0 Å². The van der Waals surface area contributed by atoms with Crippen molar-refractivity contribution in [3.05, 3.63) is 65.2 Å². The van der Waals surface area contributed by atoms with Gasteiger partial charge in [0.25, 0.3) is 0 Å². The molecule has 0 aliphatic carbocycles. The molecule has 1 heterocycles. The highest BCUT2D eigenvalue weighted by Gasteiger charge is 2.21. The predicted octanol–water partition coefficient (Wildman–Crippen LogP) is 3.26. The van der Waals surface area contributed by atoms with Gasteiger partial charge in [0.1, 0.15) is 0 Å². The Hall–Kier alpha value is -3.10. The average molecular weight is 390 g/mol. The number of ether oxygens (including phenoxy) is 1. The van der Waals surface area contributed by atoms with Crippen LogP contribution in [0.15, 0.2) is 48.5 Å². The molecule has 29 heavy (non-hydrogen) atoms. The number of amides is 2. The number of para-hydroxylation sites is 1. The van der Waals surface area contributed by atoms with Gasteiger partial charge in [0, 0.05) is 37.1 Å². The van der Waals surface area contributed by atoms with Gasteiger partial charge in [-0.15, -0.1) is 0 Å². The molecule has 3 rings (SSSR count). The van der Waals surface area contributed by atoms with Crippen molar-refractivity contribution in [2.75, 3.05) is 24.7 Å². The van der Waals surface area contributed by atoms with E-state index in [1.54, 1.807) is 4.90 Å². The molecule has 0 fully saturated rings. The second kappa shape index (κ2) is 10.4. The largest absolute Gasteiger partial charge is 0.380 e. The molecule has 0 aromatic heterocycles. The summed E-state index contributed by atoms with van der Waals surface area (Å²) in [6.45, 7) is 4.11. The molecule has 0 atom stereocenters. The van der Waals surface area contributed by atoms with Gasteiger partial charge in [-0.2, -0.15) is 0 Å². The van der Waals surface area contributed by atoms with E-state index in [1.165, 1.54) is 0 Å². The molecule has 2 amide bonds. The summed E-state index contributed by atoms with van der Waals surface area (Å²) in [5, 5.41) is 2.80. The van der Waals surface area contributed by atoms with Gasteiger partial charge in [0.15, 0.2) is 0 Å². The molecule has 0 saturated carbocycles. The van der Waals surface area contributed by atoms with Crippen LogP contribution in [-0.4, -0.2) is 31.6 Å². The smallest absolute Gasteiger partial charge is 0.227 e. The van der Waals surface area contributed by atoms with E-state index in [9.17, 15) is 9.59 Å². The number of rotatable bonds is 8. The summed E-state index contributed by atoms with van der Waals surface area (Å²) in [7, 11) is 0. The van der Waals surface area contributed by atoms with Crippen molar-refractivity contribution in [3.63, 3.8) is 0 Å². The number of nitrogens with zero attached hydrogens (tertiary/aromatic N) is 1. The topological polar surface area (TPSA) is 58.6 Å². The van der Waals surface area contributed by atoms with Gasteiger partial charge in [-0.3, -0.25) is 9.59 Å². The van der Waals surface area contributed by atoms with Crippen LogP contribution in [0.1, 0.15) is 42.9 Å². The monoisotopic (exact) mass is 390 g/mol. The molecule has 2 aromatic carbocycles. The van der Waals surface area contributed by atoms with E-state index in [1.807, 2.05) is 55.5 Å². The fourth-order valence-electron chi connectivity index (χ4n) is 3.16. The minimum Gasteiger partial charge on any atom is -0.380 e. The van der Waals surface area contributed by atoms with Crippen molar-refractivity contribution < 1.29 is 14.3 Å². The second-order valence-electron chi connectivity index (χ2n) is 6.87. The summed E-state index contributed by atoms with van der Waals surface area (Å²) in [5.74, 6) is 6.15. The molecule has 0 spiro atoms.